The molecular formula is C46H31NO. The summed E-state index contributed by atoms with van der Waals surface area (Å²) in [6.45, 7) is 0. The number of hydrogen-bond donors (Lipinski definition) is 0. The molecule has 0 spiro atoms. The summed E-state index contributed by atoms with van der Waals surface area (Å²) in [7, 11) is 0. The van der Waals surface area contributed by atoms with E-state index < -0.39 is 0 Å². The summed E-state index contributed by atoms with van der Waals surface area (Å²) in [6, 6.07) is 66.8. The van der Waals surface area contributed by atoms with Gasteiger partial charge in [-0.05, 0) is 81.1 Å². The van der Waals surface area contributed by atoms with Gasteiger partial charge < -0.3 is 9.32 Å². The highest BCUT2D eigenvalue weighted by molar-refractivity contribution is 6.19. The number of anilines is 3. The van der Waals surface area contributed by atoms with Gasteiger partial charge in [-0.2, -0.15) is 0 Å². The van der Waals surface area contributed by atoms with Gasteiger partial charge in [0.2, 0.25) is 0 Å². The molecule has 0 fully saturated rings. The molecule has 0 aliphatic rings. The summed E-state index contributed by atoms with van der Waals surface area (Å²) in [4.78, 5) is 2.34. The normalized spacial score (nSPS) is 11.3. The Kier molecular flexibility index (Phi) is 6.84. The van der Waals surface area contributed by atoms with Crippen LogP contribution in [-0.2, 0) is 0 Å². The maximum absolute atomic E-state index is 6.60. The monoisotopic (exact) mass is 613 g/mol. The van der Waals surface area contributed by atoms with Crippen molar-refractivity contribution in [2.24, 2.45) is 0 Å². The Morgan fingerprint density at radius 3 is 1.65 bits per heavy atom. The van der Waals surface area contributed by atoms with Gasteiger partial charge in [0.1, 0.15) is 11.2 Å². The molecule has 1 aromatic heterocycles. The molecule has 0 aliphatic heterocycles. The molecule has 8 aromatic carbocycles. The van der Waals surface area contributed by atoms with Crippen LogP contribution in [-0.4, -0.2) is 0 Å². The van der Waals surface area contributed by atoms with Gasteiger partial charge in [-0.25, -0.2) is 0 Å². The topological polar surface area (TPSA) is 16.4 Å². The van der Waals surface area contributed by atoms with Gasteiger partial charge in [0, 0.05) is 33.8 Å². The number of benzene rings is 8. The molecule has 9 rings (SSSR count). The fraction of sp³-hybridized carbons (Fsp3) is 0. The number of fused-ring (bicyclic) bond motifs is 5. The first-order chi connectivity index (χ1) is 23.8. The van der Waals surface area contributed by atoms with Gasteiger partial charge in [-0.15, -0.1) is 0 Å². The molecule has 0 N–H and O–H groups in total. The molecule has 0 atom stereocenters. The van der Waals surface area contributed by atoms with Crippen LogP contribution in [0.2, 0.25) is 0 Å². The maximum Gasteiger partial charge on any atom is 0.137 e. The molecule has 0 aliphatic carbocycles. The van der Waals surface area contributed by atoms with E-state index in [-0.39, 0.29) is 0 Å². The lowest BCUT2D eigenvalue weighted by Gasteiger charge is -2.28. The van der Waals surface area contributed by atoms with Crippen LogP contribution in [0.25, 0.3) is 66.1 Å². The molecule has 9 aromatic rings. The summed E-state index contributed by atoms with van der Waals surface area (Å²) in [5.41, 5.74) is 12.1. The van der Waals surface area contributed by atoms with Crippen molar-refractivity contribution in [1.82, 2.24) is 0 Å². The predicted molar refractivity (Wildman–Crippen MR) is 202 cm³/mol. The van der Waals surface area contributed by atoms with Crippen molar-refractivity contribution in [3.8, 4) is 33.4 Å². The number of rotatable bonds is 6. The van der Waals surface area contributed by atoms with Crippen LogP contribution in [0, 0.1) is 0 Å². The van der Waals surface area contributed by atoms with E-state index in [4.69, 9.17) is 4.42 Å². The summed E-state index contributed by atoms with van der Waals surface area (Å²) in [6.07, 6.45) is 0. The average molecular weight is 614 g/mol. The number of hydrogen-bond acceptors (Lipinski definition) is 2. The van der Waals surface area contributed by atoms with Crippen molar-refractivity contribution >= 4 is 49.8 Å². The molecule has 0 saturated carbocycles. The van der Waals surface area contributed by atoms with Gasteiger partial charge in [-0.1, -0.05) is 140 Å². The van der Waals surface area contributed by atoms with Crippen molar-refractivity contribution < 1.29 is 4.42 Å². The van der Waals surface area contributed by atoms with E-state index >= 15 is 0 Å². The lowest BCUT2D eigenvalue weighted by Crippen LogP contribution is -2.11. The second kappa shape index (κ2) is 11.8. The van der Waals surface area contributed by atoms with Gasteiger partial charge in [0.25, 0.3) is 0 Å². The van der Waals surface area contributed by atoms with E-state index in [1.54, 1.807) is 0 Å². The van der Waals surface area contributed by atoms with Crippen molar-refractivity contribution in [1.29, 1.82) is 0 Å². The number of para-hydroxylation sites is 1. The van der Waals surface area contributed by atoms with E-state index in [0.717, 1.165) is 44.6 Å². The minimum atomic E-state index is 0.866. The molecule has 2 nitrogen and oxygen atoms in total. The minimum absolute atomic E-state index is 0.866. The van der Waals surface area contributed by atoms with Crippen LogP contribution >= 0.6 is 0 Å². The standard InChI is InChI=1S/C46H31NO/c1-4-12-32(13-5-1)34-20-24-38(25-21-34)47(43-19-11-10-18-40(43)35-16-8-3-9-17-35)39-26-28-42-45(31-39)48-44-29-23-37-30-36(22-27-41(37)46(42)44)33-14-6-2-7-15-33/h1-31H. The van der Waals surface area contributed by atoms with Crippen LogP contribution in [0.5, 0.6) is 0 Å². The SMILES string of the molecule is c1ccc(-c2ccc(N(c3ccc4c(c3)oc3ccc5cc(-c6ccccc6)ccc5c34)c3ccccc3-c3ccccc3)cc2)cc1. The highest BCUT2D eigenvalue weighted by atomic mass is 16.3. The highest BCUT2D eigenvalue weighted by Crippen LogP contribution is 2.44. The van der Waals surface area contributed by atoms with Crippen LogP contribution < -0.4 is 4.90 Å². The van der Waals surface area contributed by atoms with E-state index in [1.165, 1.54) is 38.6 Å². The summed E-state index contributed by atoms with van der Waals surface area (Å²) < 4.78 is 6.60. The Balaban J connectivity index is 1.20. The highest BCUT2D eigenvalue weighted by Gasteiger charge is 2.19. The van der Waals surface area contributed by atoms with E-state index in [0.29, 0.717) is 0 Å². The quantitative estimate of drug-likeness (QED) is 0.185. The van der Waals surface area contributed by atoms with Crippen molar-refractivity contribution in [3.63, 3.8) is 0 Å². The second-order valence-electron chi connectivity index (χ2n) is 12.2. The minimum Gasteiger partial charge on any atom is -0.456 e. The third-order valence-electron chi connectivity index (χ3n) is 9.26. The Bertz CT molecular complexity index is 2530. The number of furan rings is 1. The van der Waals surface area contributed by atoms with Gasteiger partial charge in [0.15, 0.2) is 0 Å². The second-order valence-corrected chi connectivity index (χ2v) is 12.2. The summed E-state index contributed by atoms with van der Waals surface area (Å²) in [5.74, 6) is 0. The summed E-state index contributed by atoms with van der Waals surface area (Å²) >= 11 is 0. The first-order valence-electron chi connectivity index (χ1n) is 16.3. The van der Waals surface area contributed by atoms with Crippen LogP contribution in [0.3, 0.4) is 0 Å². The third-order valence-corrected chi connectivity index (χ3v) is 9.26. The zero-order valence-electron chi connectivity index (χ0n) is 26.3. The molecule has 48 heavy (non-hydrogen) atoms. The molecular weight excluding hydrogens is 583 g/mol. The van der Waals surface area contributed by atoms with Crippen LogP contribution in [0.1, 0.15) is 0 Å². The zero-order chi connectivity index (χ0) is 31.9. The van der Waals surface area contributed by atoms with Crippen LogP contribution in [0.15, 0.2) is 192 Å². The molecule has 0 unspecified atom stereocenters. The smallest absolute Gasteiger partial charge is 0.137 e. The van der Waals surface area contributed by atoms with Crippen molar-refractivity contribution in [2.45, 2.75) is 0 Å². The molecule has 0 bridgehead atoms. The summed E-state index contributed by atoms with van der Waals surface area (Å²) in [5, 5.41) is 4.66. The Labute approximate surface area is 279 Å². The van der Waals surface area contributed by atoms with E-state index in [2.05, 4.69) is 193 Å². The predicted octanol–water partition coefficient (Wildman–Crippen LogP) is 13.2. The van der Waals surface area contributed by atoms with Crippen molar-refractivity contribution in [2.75, 3.05) is 4.90 Å². The third kappa shape index (κ3) is 4.92. The lowest BCUT2D eigenvalue weighted by molar-refractivity contribution is 0.669. The van der Waals surface area contributed by atoms with Crippen LogP contribution in [0.4, 0.5) is 17.1 Å². The first-order valence-corrected chi connectivity index (χ1v) is 16.3. The molecule has 0 saturated heterocycles. The Hall–Kier alpha value is -6.38. The Morgan fingerprint density at radius 2 is 0.917 bits per heavy atom. The fourth-order valence-electron chi connectivity index (χ4n) is 6.93. The molecule has 0 radical (unpaired) electrons. The lowest BCUT2D eigenvalue weighted by atomic mass is 9.98. The first kappa shape index (κ1) is 27.9. The number of nitrogens with zero attached hydrogens (tertiary/aromatic N) is 1. The maximum atomic E-state index is 6.60. The largest absolute Gasteiger partial charge is 0.456 e. The molecule has 1 heterocycles. The zero-order valence-corrected chi connectivity index (χ0v) is 26.3. The molecule has 226 valence electrons. The van der Waals surface area contributed by atoms with E-state index in [1.807, 2.05) is 0 Å². The van der Waals surface area contributed by atoms with Gasteiger partial charge in [0.05, 0.1) is 5.69 Å². The molecule has 0 amide bonds. The fourth-order valence-corrected chi connectivity index (χ4v) is 6.93. The van der Waals surface area contributed by atoms with Crippen molar-refractivity contribution in [3.05, 3.63) is 188 Å². The van der Waals surface area contributed by atoms with Gasteiger partial charge >= 0.3 is 0 Å². The average Bonchev–Trinajstić information content (AvgIpc) is 3.55. The Morgan fingerprint density at radius 1 is 0.354 bits per heavy atom. The van der Waals surface area contributed by atoms with Gasteiger partial charge in [-0.3, -0.25) is 0 Å². The van der Waals surface area contributed by atoms with E-state index in [9.17, 15) is 0 Å². The molecule has 2 heteroatoms.